The molecule has 5 rings (SSSR count). The van der Waals surface area contributed by atoms with Crippen molar-refractivity contribution >= 4 is 45.8 Å². The van der Waals surface area contributed by atoms with Gasteiger partial charge in [-0.05, 0) is 60.3 Å². The Balaban J connectivity index is 1.61. The Bertz CT molecular complexity index is 1440. The first-order valence-electron chi connectivity index (χ1n) is 12.0. The van der Waals surface area contributed by atoms with Crippen LogP contribution in [-0.2, 0) is 11.3 Å². The number of fused-ring (bicyclic) bond motifs is 1. The van der Waals surface area contributed by atoms with Crippen LogP contribution in [0, 0.1) is 0 Å². The molecule has 1 aliphatic rings. The highest BCUT2D eigenvalue weighted by Gasteiger charge is 2.36. The summed E-state index contributed by atoms with van der Waals surface area (Å²) in [6, 6.07) is 11.6. The number of aromatic nitrogens is 2. The fraction of sp³-hybridized carbons (Fsp3) is 0.269. The maximum absolute atomic E-state index is 14.0. The molecule has 1 atom stereocenters. The molecule has 0 spiro atoms. The van der Waals surface area contributed by atoms with Gasteiger partial charge in [0.15, 0.2) is 5.69 Å². The van der Waals surface area contributed by atoms with Crippen LogP contribution in [0.3, 0.4) is 0 Å². The second kappa shape index (κ2) is 10.4. The summed E-state index contributed by atoms with van der Waals surface area (Å²) in [5.41, 5.74) is 12.6. The maximum atomic E-state index is 14.0. The average Bonchev–Trinajstić information content (AvgIpc) is 3.66. The first kappa shape index (κ1) is 24.4. The van der Waals surface area contributed by atoms with E-state index in [0.29, 0.717) is 11.3 Å². The van der Waals surface area contributed by atoms with Crippen LogP contribution >= 0.6 is 11.5 Å². The standard InChI is InChI=1S/C26H26N6O4S/c27-20-21(24(28)33)31-37-23(20)26(35)32(14-18-8-4-12-36-18)22(25(34)30-17-6-1-2-7-17)16-9-10-19-15(13-16)5-3-11-29-19/h3-5,8-13,17,22H,1-2,6-7,14,27H2,(H2,28,33)(H,30,34)/t22-/m0/s1. The van der Waals surface area contributed by atoms with Gasteiger partial charge in [-0.1, -0.05) is 25.0 Å². The van der Waals surface area contributed by atoms with Crippen molar-refractivity contribution in [2.45, 2.75) is 44.3 Å². The monoisotopic (exact) mass is 518 g/mol. The molecule has 0 unspecified atom stereocenters. The molecule has 1 aromatic carbocycles. The molecule has 3 heterocycles. The zero-order valence-corrected chi connectivity index (χ0v) is 20.7. The number of primary amides is 1. The Morgan fingerprint density at radius 3 is 2.68 bits per heavy atom. The second-order valence-corrected chi connectivity index (χ2v) is 9.77. The predicted octanol–water partition coefficient (Wildman–Crippen LogP) is 3.41. The van der Waals surface area contributed by atoms with Crippen LogP contribution in [0.15, 0.2) is 59.3 Å². The molecule has 0 saturated heterocycles. The van der Waals surface area contributed by atoms with Gasteiger partial charge in [-0.25, -0.2) is 0 Å². The minimum Gasteiger partial charge on any atom is -0.467 e. The van der Waals surface area contributed by atoms with Crippen LogP contribution in [0.25, 0.3) is 10.9 Å². The highest BCUT2D eigenvalue weighted by atomic mass is 32.1. The van der Waals surface area contributed by atoms with E-state index in [-0.39, 0.29) is 34.8 Å². The zero-order valence-electron chi connectivity index (χ0n) is 19.9. The van der Waals surface area contributed by atoms with E-state index in [1.807, 2.05) is 24.3 Å². The summed E-state index contributed by atoms with van der Waals surface area (Å²) in [4.78, 5) is 45.4. The summed E-state index contributed by atoms with van der Waals surface area (Å²) in [7, 11) is 0. The summed E-state index contributed by atoms with van der Waals surface area (Å²) >= 11 is 0.774. The number of nitrogens with one attached hydrogen (secondary N) is 1. The molecule has 190 valence electrons. The van der Waals surface area contributed by atoms with E-state index in [1.165, 1.54) is 11.2 Å². The highest BCUT2D eigenvalue weighted by molar-refractivity contribution is 7.09. The molecule has 0 radical (unpaired) electrons. The van der Waals surface area contributed by atoms with Crippen LogP contribution in [0.2, 0.25) is 0 Å². The molecule has 3 amide bonds. The molecule has 1 fully saturated rings. The van der Waals surface area contributed by atoms with E-state index in [1.54, 1.807) is 24.4 Å². The fourth-order valence-electron chi connectivity index (χ4n) is 4.70. The minimum absolute atomic E-state index is 0.0110. The predicted molar refractivity (Wildman–Crippen MR) is 139 cm³/mol. The number of carbonyl (C=O) groups excluding carboxylic acids is 3. The Morgan fingerprint density at radius 1 is 1.16 bits per heavy atom. The lowest BCUT2D eigenvalue weighted by Crippen LogP contribution is -2.45. The maximum Gasteiger partial charge on any atom is 0.270 e. The largest absolute Gasteiger partial charge is 0.467 e. The Kier molecular flexibility index (Phi) is 6.87. The number of benzene rings is 1. The molecule has 5 N–H and O–H groups in total. The molecule has 1 aliphatic carbocycles. The van der Waals surface area contributed by atoms with Crippen molar-refractivity contribution in [1.82, 2.24) is 19.6 Å². The van der Waals surface area contributed by atoms with E-state index in [2.05, 4.69) is 14.7 Å². The lowest BCUT2D eigenvalue weighted by Gasteiger charge is -2.31. The number of hydrogen-bond donors (Lipinski definition) is 3. The third-order valence-electron chi connectivity index (χ3n) is 6.53. The van der Waals surface area contributed by atoms with E-state index in [4.69, 9.17) is 15.9 Å². The number of nitrogen functional groups attached to an aromatic ring is 1. The summed E-state index contributed by atoms with van der Waals surface area (Å²) < 4.78 is 9.52. The lowest BCUT2D eigenvalue weighted by molar-refractivity contribution is -0.126. The number of amides is 3. The Labute approximate surface area is 216 Å². The van der Waals surface area contributed by atoms with Crippen molar-refractivity contribution in [2.24, 2.45) is 5.73 Å². The van der Waals surface area contributed by atoms with E-state index >= 15 is 0 Å². The van der Waals surface area contributed by atoms with Gasteiger partial charge >= 0.3 is 0 Å². The second-order valence-electron chi connectivity index (χ2n) is 9.00. The number of pyridine rings is 1. The first-order valence-corrected chi connectivity index (χ1v) is 12.7. The van der Waals surface area contributed by atoms with Gasteiger partial charge in [-0.2, -0.15) is 4.37 Å². The van der Waals surface area contributed by atoms with E-state index < -0.39 is 17.9 Å². The number of rotatable bonds is 8. The Hall–Kier alpha value is -4.25. The van der Waals surface area contributed by atoms with Gasteiger partial charge in [0.05, 0.1) is 24.0 Å². The topological polar surface area (TPSA) is 157 Å². The van der Waals surface area contributed by atoms with Gasteiger partial charge in [0, 0.05) is 17.6 Å². The molecular weight excluding hydrogens is 492 g/mol. The van der Waals surface area contributed by atoms with Crippen LogP contribution in [0.1, 0.15) is 63.2 Å². The number of anilines is 1. The SMILES string of the molecule is NC(=O)c1nsc(C(=O)N(Cc2ccco2)[C@H](C(=O)NC2CCCC2)c2ccc3ncccc3c2)c1N. The zero-order chi connectivity index (χ0) is 25.9. The number of furan rings is 1. The quantitative estimate of drug-likeness (QED) is 0.322. The molecule has 4 aromatic rings. The highest BCUT2D eigenvalue weighted by Crippen LogP contribution is 2.32. The normalized spacial score (nSPS) is 14.5. The number of nitrogens with zero attached hydrogens (tertiary/aromatic N) is 3. The Morgan fingerprint density at radius 2 is 1.97 bits per heavy atom. The number of carbonyl (C=O) groups is 3. The smallest absolute Gasteiger partial charge is 0.270 e. The number of hydrogen-bond acceptors (Lipinski definition) is 8. The first-order chi connectivity index (χ1) is 17.9. The van der Waals surface area contributed by atoms with Gasteiger partial charge < -0.3 is 26.1 Å². The molecular formula is C26H26N6O4S. The van der Waals surface area contributed by atoms with Gasteiger partial charge in [0.2, 0.25) is 5.91 Å². The molecule has 10 nitrogen and oxygen atoms in total. The lowest BCUT2D eigenvalue weighted by atomic mass is 10.0. The van der Waals surface area contributed by atoms with Gasteiger partial charge in [0.25, 0.3) is 11.8 Å². The van der Waals surface area contributed by atoms with Crippen LogP contribution in [0.4, 0.5) is 5.69 Å². The van der Waals surface area contributed by atoms with Gasteiger partial charge in [-0.15, -0.1) is 0 Å². The third-order valence-corrected chi connectivity index (χ3v) is 7.38. The van der Waals surface area contributed by atoms with Gasteiger partial charge in [-0.3, -0.25) is 19.4 Å². The van der Waals surface area contributed by atoms with Crippen molar-refractivity contribution in [3.8, 4) is 0 Å². The van der Waals surface area contributed by atoms with Crippen molar-refractivity contribution in [2.75, 3.05) is 5.73 Å². The van der Waals surface area contributed by atoms with Crippen molar-refractivity contribution < 1.29 is 18.8 Å². The summed E-state index contributed by atoms with van der Waals surface area (Å²) in [6.45, 7) is -0.0110. The van der Waals surface area contributed by atoms with Crippen LogP contribution < -0.4 is 16.8 Å². The van der Waals surface area contributed by atoms with E-state index in [9.17, 15) is 14.4 Å². The minimum atomic E-state index is -1.01. The molecule has 11 heteroatoms. The van der Waals surface area contributed by atoms with Crippen LogP contribution in [-0.4, -0.2) is 38.0 Å². The fourth-order valence-corrected chi connectivity index (χ4v) is 5.46. The molecule has 37 heavy (non-hydrogen) atoms. The summed E-state index contributed by atoms with van der Waals surface area (Å²) in [5.74, 6) is -1.22. The number of nitrogens with two attached hydrogens (primary N) is 2. The molecule has 3 aromatic heterocycles. The molecule has 0 bridgehead atoms. The molecule has 1 saturated carbocycles. The van der Waals surface area contributed by atoms with Crippen LogP contribution in [0.5, 0.6) is 0 Å². The molecule has 0 aliphatic heterocycles. The van der Waals surface area contributed by atoms with Crippen molar-refractivity contribution in [3.05, 3.63) is 76.8 Å². The average molecular weight is 519 g/mol. The van der Waals surface area contributed by atoms with Crippen molar-refractivity contribution in [1.29, 1.82) is 0 Å². The summed E-state index contributed by atoms with van der Waals surface area (Å²) in [5, 5.41) is 3.96. The summed E-state index contributed by atoms with van der Waals surface area (Å²) in [6.07, 6.45) is 7.05. The van der Waals surface area contributed by atoms with Gasteiger partial charge in [0.1, 0.15) is 16.7 Å². The van der Waals surface area contributed by atoms with E-state index in [0.717, 1.165) is 48.1 Å². The third kappa shape index (κ3) is 5.03. The van der Waals surface area contributed by atoms with Crippen molar-refractivity contribution in [3.63, 3.8) is 0 Å².